The van der Waals surface area contributed by atoms with E-state index in [9.17, 15) is 19.7 Å². The molecule has 170 valence electrons. The lowest BCUT2D eigenvalue weighted by molar-refractivity contribution is -0.384. The normalized spacial score (nSPS) is 13.5. The number of halogens is 1. The van der Waals surface area contributed by atoms with E-state index in [1.165, 1.54) is 32.2 Å². The van der Waals surface area contributed by atoms with Crippen molar-refractivity contribution in [1.29, 1.82) is 0 Å². The van der Waals surface area contributed by atoms with E-state index in [0.717, 1.165) is 0 Å². The van der Waals surface area contributed by atoms with E-state index >= 15 is 0 Å². The molecule has 1 aliphatic rings. The Morgan fingerprint density at radius 2 is 2.00 bits per heavy atom. The predicted octanol–water partition coefficient (Wildman–Crippen LogP) is 3.53. The summed E-state index contributed by atoms with van der Waals surface area (Å²) in [5, 5.41) is 14.0. The highest BCUT2D eigenvalue weighted by atomic mass is 35.5. The van der Waals surface area contributed by atoms with E-state index in [-0.39, 0.29) is 23.5 Å². The molecule has 1 amide bonds. The van der Waals surface area contributed by atoms with E-state index < -0.39 is 22.9 Å². The molecule has 1 heterocycles. The fourth-order valence-corrected chi connectivity index (χ4v) is 3.26. The quantitative estimate of drug-likeness (QED) is 0.374. The first-order valence-electron chi connectivity index (χ1n) is 9.69. The minimum absolute atomic E-state index is 0.0432. The van der Waals surface area contributed by atoms with Crippen LogP contribution in [-0.4, -0.2) is 43.2 Å². The van der Waals surface area contributed by atoms with Crippen molar-refractivity contribution in [3.05, 3.63) is 51.0 Å². The lowest BCUT2D eigenvalue weighted by atomic mass is 10.1. The number of fused-ring (bicyclic) bond motifs is 1. The Balaban J connectivity index is 1.64. The number of amides is 1. The van der Waals surface area contributed by atoms with Gasteiger partial charge in [0, 0.05) is 6.42 Å². The van der Waals surface area contributed by atoms with Crippen LogP contribution in [0.1, 0.15) is 18.9 Å². The van der Waals surface area contributed by atoms with Crippen molar-refractivity contribution in [3.63, 3.8) is 0 Å². The van der Waals surface area contributed by atoms with Gasteiger partial charge in [-0.3, -0.25) is 19.7 Å². The van der Waals surface area contributed by atoms with Crippen LogP contribution in [0.2, 0.25) is 5.02 Å². The number of rotatable bonds is 7. The van der Waals surface area contributed by atoms with Gasteiger partial charge in [-0.25, -0.2) is 0 Å². The van der Waals surface area contributed by atoms with Crippen LogP contribution in [0.3, 0.4) is 0 Å². The van der Waals surface area contributed by atoms with Gasteiger partial charge >= 0.3 is 5.97 Å². The van der Waals surface area contributed by atoms with Gasteiger partial charge in [0.1, 0.15) is 11.4 Å². The van der Waals surface area contributed by atoms with E-state index in [1.54, 1.807) is 12.1 Å². The van der Waals surface area contributed by atoms with Gasteiger partial charge in [-0.15, -0.1) is 0 Å². The molecule has 1 aliphatic heterocycles. The number of carbonyl (C=O) groups excluding carboxylic acids is 2. The third-order valence-electron chi connectivity index (χ3n) is 4.55. The van der Waals surface area contributed by atoms with Crippen molar-refractivity contribution in [3.8, 4) is 17.2 Å². The highest BCUT2D eigenvalue weighted by molar-refractivity contribution is 6.32. The second-order valence-corrected chi connectivity index (χ2v) is 7.30. The number of methoxy groups -OCH3 is 1. The number of hydrogen-bond acceptors (Lipinski definition) is 8. The molecule has 0 unspecified atom stereocenters. The molecule has 11 heteroatoms. The van der Waals surface area contributed by atoms with Gasteiger partial charge in [0.05, 0.1) is 42.8 Å². The third kappa shape index (κ3) is 5.58. The maximum Gasteiger partial charge on any atom is 0.311 e. The number of hydrogen-bond donors (Lipinski definition) is 1. The molecule has 32 heavy (non-hydrogen) atoms. The maximum atomic E-state index is 12.4. The molecule has 0 saturated heterocycles. The fourth-order valence-electron chi connectivity index (χ4n) is 2.97. The summed E-state index contributed by atoms with van der Waals surface area (Å²) in [5.41, 5.74) is 0.138. The van der Waals surface area contributed by atoms with Gasteiger partial charge in [0.2, 0.25) is 0 Å². The average molecular weight is 465 g/mol. The Labute approximate surface area is 188 Å². The summed E-state index contributed by atoms with van der Waals surface area (Å²) in [6, 6.07) is 7.19. The molecule has 0 spiro atoms. The molecule has 10 nitrogen and oxygen atoms in total. The van der Waals surface area contributed by atoms with Crippen LogP contribution in [0.25, 0.3) is 0 Å². The van der Waals surface area contributed by atoms with Crippen LogP contribution in [0.4, 0.5) is 11.4 Å². The molecule has 0 radical (unpaired) electrons. The van der Waals surface area contributed by atoms with Crippen LogP contribution in [-0.2, 0) is 20.7 Å². The third-order valence-corrected chi connectivity index (χ3v) is 4.83. The Bertz CT molecular complexity index is 1040. The van der Waals surface area contributed by atoms with Crippen molar-refractivity contribution >= 4 is 34.9 Å². The predicted molar refractivity (Wildman–Crippen MR) is 115 cm³/mol. The zero-order valence-corrected chi connectivity index (χ0v) is 18.1. The molecule has 2 aromatic rings. The second kappa shape index (κ2) is 10.2. The summed E-state index contributed by atoms with van der Waals surface area (Å²) in [4.78, 5) is 35.4. The molecule has 2 aromatic carbocycles. The first kappa shape index (κ1) is 23.1. The van der Waals surface area contributed by atoms with Crippen LogP contribution in [0.15, 0.2) is 30.3 Å². The minimum Gasteiger partial charge on any atom is -0.496 e. The van der Waals surface area contributed by atoms with Gasteiger partial charge in [0.25, 0.3) is 11.6 Å². The highest BCUT2D eigenvalue weighted by Crippen LogP contribution is 2.38. The Morgan fingerprint density at radius 1 is 1.25 bits per heavy atom. The lowest BCUT2D eigenvalue weighted by Gasteiger charge is -2.15. The fraction of sp³-hybridized carbons (Fsp3) is 0.333. The molecule has 0 aromatic heterocycles. The number of esters is 1. The van der Waals surface area contributed by atoms with Crippen molar-refractivity contribution < 1.29 is 33.5 Å². The van der Waals surface area contributed by atoms with Gasteiger partial charge in [-0.2, -0.15) is 0 Å². The summed E-state index contributed by atoms with van der Waals surface area (Å²) >= 11 is 6.23. The van der Waals surface area contributed by atoms with E-state index in [4.69, 9.17) is 30.5 Å². The van der Waals surface area contributed by atoms with Crippen LogP contribution in [0, 0.1) is 10.1 Å². The van der Waals surface area contributed by atoms with Crippen molar-refractivity contribution in [2.45, 2.75) is 25.9 Å². The summed E-state index contributed by atoms with van der Waals surface area (Å²) in [7, 11) is 1.37. The standard InChI is InChI=1S/C21H21ClN2O8/c1-12(21(26)23-16-5-4-14(29-2)11-17(16)24(27)28)32-19(25)10-13-8-15(22)20-18(9-13)30-6-3-7-31-20/h4-5,8-9,11-12H,3,6-7,10H2,1-2H3,(H,23,26)/t12-/m0/s1. The molecular formula is C21H21ClN2O8. The van der Waals surface area contributed by atoms with Crippen molar-refractivity contribution in [1.82, 2.24) is 0 Å². The number of benzene rings is 2. The van der Waals surface area contributed by atoms with Crippen molar-refractivity contribution in [2.24, 2.45) is 0 Å². The first-order chi connectivity index (χ1) is 15.3. The molecule has 1 N–H and O–H groups in total. The van der Waals surface area contributed by atoms with E-state index in [0.29, 0.717) is 41.7 Å². The van der Waals surface area contributed by atoms with Gasteiger partial charge in [-0.1, -0.05) is 11.6 Å². The first-order valence-corrected chi connectivity index (χ1v) is 10.1. The van der Waals surface area contributed by atoms with Crippen LogP contribution < -0.4 is 19.5 Å². The average Bonchev–Trinajstić information content (AvgIpc) is 2.99. The molecule has 1 atom stereocenters. The van der Waals surface area contributed by atoms with Gasteiger partial charge in [-0.05, 0) is 36.8 Å². The molecule has 0 fully saturated rings. The van der Waals surface area contributed by atoms with Crippen LogP contribution in [0.5, 0.6) is 17.2 Å². The molecule has 0 bridgehead atoms. The molecule has 3 rings (SSSR count). The van der Waals surface area contributed by atoms with E-state index in [1.807, 2.05) is 0 Å². The second-order valence-electron chi connectivity index (χ2n) is 6.89. The highest BCUT2D eigenvalue weighted by Gasteiger charge is 2.23. The van der Waals surface area contributed by atoms with Gasteiger partial charge in [0.15, 0.2) is 17.6 Å². The number of nitrogens with one attached hydrogen (secondary N) is 1. The Morgan fingerprint density at radius 3 is 2.72 bits per heavy atom. The number of nitro groups is 1. The molecule has 0 saturated carbocycles. The molecular weight excluding hydrogens is 444 g/mol. The lowest BCUT2D eigenvalue weighted by Crippen LogP contribution is -2.30. The monoisotopic (exact) mass is 464 g/mol. The van der Waals surface area contributed by atoms with E-state index in [2.05, 4.69) is 5.32 Å². The number of nitro benzene ring substituents is 1. The number of ether oxygens (including phenoxy) is 4. The molecule has 0 aliphatic carbocycles. The summed E-state index contributed by atoms with van der Waals surface area (Å²) in [6.07, 6.45) is -0.641. The zero-order valence-electron chi connectivity index (χ0n) is 17.4. The maximum absolute atomic E-state index is 12.4. The Kier molecular flexibility index (Phi) is 7.37. The largest absolute Gasteiger partial charge is 0.496 e. The smallest absolute Gasteiger partial charge is 0.311 e. The number of carbonyl (C=O) groups is 2. The topological polar surface area (TPSA) is 126 Å². The SMILES string of the molecule is COc1ccc(NC(=O)[C@H](C)OC(=O)Cc2cc(Cl)c3c(c2)OCCCO3)c([N+](=O)[O-])c1. The zero-order chi connectivity index (χ0) is 23.3. The minimum atomic E-state index is -1.19. The summed E-state index contributed by atoms with van der Waals surface area (Å²) in [6.45, 7) is 2.31. The summed E-state index contributed by atoms with van der Waals surface area (Å²) in [5.74, 6) is -0.265. The number of anilines is 1. The Hall–Kier alpha value is -3.53. The van der Waals surface area contributed by atoms with Gasteiger partial charge < -0.3 is 24.3 Å². The van der Waals surface area contributed by atoms with Crippen molar-refractivity contribution in [2.75, 3.05) is 25.6 Å². The van der Waals surface area contributed by atoms with Crippen LogP contribution >= 0.6 is 11.6 Å². The summed E-state index contributed by atoms with van der Waals surface area (Å²) < 4.78 is 21.3. The number of nitrogens with zero attached hydrogens (tertiary/aromatic N) is 1.